The lowest BCUT2D eigenvalue weighted by Gasteiger charge is -2.17. The Balaban J connectivity index is 2.32. The monoisotopic (exact) mass is 392 g/mol. The van der Waals surface area contributed by atoms with Crippen molar-refractivity contribution in [3.05, 3.63) is 44.7 Å². The van der Waals surface area contributed by atoms with Gasteiger partial charge < -0.3 is 4.52 Å². The molecule has 2 aromatic rings. The van der Waals surface area contributed by atoms with E-state index < -0.39 is 10.0 Å². The summed E-state index contributed by atoms with van der Waals surface area (Å²) >= 11 is 9.12. The highest BCUT2D eigenvalue weighted by atomic mass is 79.9. The molecule has 8 heteroatoms. The number of aryl methyl sites for hydroxylation is 2. The van der Waals surface area contributed by atoms with Gasteiger partial charge in [0.05, 0.1) is 15.6 Å². The van der Waals surface area contributed by atoms with Crippen molar-refractivity contribution in [1.82, 2.24) is 9.46 Å². The van der Waals surface area contributed by atoms with E-state index in [0.29, 0.717) is 20.9 Å². The van der Waals surface area contributed by atoms with E-state index in [1.807, 2.05) is 0 Å². The van der Waals surface area contributed by atoms with Gasteiger partial charge in [0, 0.05) is 23.6 Å². The molecule has 114 valence electrons. The average Bonchev–Trinajstić information content (AvgIpc) is 2.73. The molecule has 1 aromatic heterocycles. The van der Waals surface area contributed by atoms with Crippen LogP contribution >= 0.6 is 27.5 Å². The first kappa shape index (κ1) is 16.5. The van der Waals surface area contributed by atoms with Gasteiger partial charge in [-0.3, -0.25) is 0 Å². The Morgan fingerprint density at radius 2 is 2.05 bits per heavy atom. The van der Waals surface area contributed by atoms with Crippen molar-refractivity contribution in [1.29, 1.82) is 0 Å². The van der Waals surface area contributed by atoms with Gasteiger partial charge in [0.1, 0.15) is 5.76 Å². The number of rotatable bonds is 4. The summed E-state index contributed by atoms with van der Waals surface area (Å²) in [5.41, 5.74) is 1.46. The predicted octanol–water partition coefficient (Wildman–Crippen LogP) is 3.53. The molecule has 21 heavy (non-hydrogen) atoms. The molecule has 0 N–H and O–H groups in total. The van der Waals surface area contributed by atoms with Gasteiger partial charge in [0.2, 0.25) is 10.0 Å². The predicted molar refractivity (Wildman–Crippen MR) is 83.8 cm³/mol. The molecule has 0 unspecified atom stereocenters. The molecular formula is C13H14BrClN2O3S. The largest absolute Gasteiger partial charge is 0.361 e. The molecule has 0 amide bonds. The van der Waals surface area contributed by atoms with E-state index in [1.165, 1.54) is 23.5 Å². The van der Waals surface area contributed by atoms with Gasteiger partial charge in [0.15, 0.2) is 0 Å². The number of hydrogen-bond acceptors (Lipinski definition) is 4. The van der Waals surface area contributed by atoms with Crippen LogP contribution in [-0.4, -0.2) is 24.9 Å². The van der Waals surface area contributed by atoms with Gasteiger partial charge in [-0.1, -0.05) is 16.8 Å². The molecule has 0 bridgehead atoms. The standard InChI is InChI=1S/C13H14BrClN2O3S/c1-8-11(9(2)20-16-8)7-17(3)21(18,19)10-4-5-13(15)12(14)6-10/h4-6H,7H2,1-3H3. The minimum absolute atomic E-state index is 0.174. The zero-order valence-electron chi connectivity index (χ0n) is 11.7. The van der Waals surface area contributed by atoms with E-state index in [1.54, 1.807) is 19.9 Å². The normalized spacial score (nSPS) is 12.1. The Hall–Kier alpha value is -0.890. The molecule has 0 radical (unpaired) electrons. The minimum Gasteiger partial charge on any atom is -0.361 e. The first-order valence-electron chi connectivity index (χ1n) is 6.06. The van der Waals surface area contributed by atoms with E-state index >= 15 is 0 Å². The zero-order chi connectivity index (χ0) is 15.8. The fourth-order valence-electron chi connectivity index (χ4n) is 1.85. The molecule has 0 saturated heterocycles. The SMILES string of the molecule is Cc1noc(C)c1CN(C)S(=O)(=O)c1ccc(Cl)c(Br)c1. The lowest BCUT2D eigenvalue weighted by Crippen LogP contribution is -2.27. The molecule has 1 aromatic carbocycles. The summed E-state index contributed by atoms with van der Waals surface area (Å²) in [6.07, 6.45) is 0. The number of benzene rings is 1. The summed E-state index contributed by atoms with van der Waals surface area (Å²) in [5.74, 6) is 0.617. The third-order valence-electron chi connectivity index (χ3n) is 3.16. The lowest BCUT2D eigenvalue weighted by molar-refractivity contribution is 0.390. The first-order chi connectivity index (χ1) is 9.73. The third kappa shape index (κ3) is 3.31. The van der Waals surface area contributed by atoms with Crippen molar-refractivity contribution in [2.45, 2.75) is 25.3 Å². The second-order valence-corrected chi connectivity index (χ2v) is 7.95. The summed E-state index contributed by atoms with van der Waals surface area (Å²) in [4.78, 5) is 0.174. The maximum atomic E-state index is 12.6. The van der Waals surface area contributed by atoms with Crippen LogP contribution in [0.4, 0.5) is 0 Å². The summed E-state index contributed by atoms with van der Waals surface area (Å²) in [6, 6.07) is 4.51. The summed E-state index contributed by atoms with van der Waals surface area (Å²) in [7, 11) is -2.10. The summed E-state index contributed by atoms with van der Waals surface area (Å²) < 4.78 is 32.0. The molecular weight excluding hydrogens is 380 g/mol. The van der Waals surface area contributed by atoms with Crippen molar-refractivity contribution < 1.29 is 12.9 Å². The Kier molecular flexibility index (Phi) is 4.77. The molecule has 0 aliphatic carbocycles. The van der Waals surface area contributed by atoms with Gasteiger partial charge in [-0.25, -0.2) is 8.42 Å². The van der Waals surface area contributed by atoms with Gasteiger partial charge >= 0.3 is 0 Å². The molecule has 5 nitrogen and oxygen atoms in total. The molecule has 0 saturated carbocycles. The number of aromatic nitrogens is 1. The summed E-state index contributed by atoms with van der Waals surface area (Å²) in [5, 5.41) is 4.29. The second kappa shape index (κ2) is 6.08. The van der Waals surface area contributed by atoms with Gasteiger partial charge in [-0.15, -0.1) is 0 Å². The van der Waals surface area contributed by atoms with Crippen LogP contribution in [0.15, 0.2) is 32.1 Å². The maximum Gasteiger partial charge on any atom is 0.243 e. The molecule has 0 atom stereocenters. The quantitative estimate of drug-likeness (QED) is 0.797. The molecule has 0 aliphatic heterocycles. The summed E-state index contributed by atoms with van der Waals surface area (Å²) in [6.45, 7) is 3.74. The molecule has 1 heterocycles. The van der Waals surface area contributed by atoms with E-state index in [4.69, 9.17) is 16.1 Å². The molecule has 0 spiro atoms. The Labute approximate surface area is 137 Å². The average molecular weight is 394 g/mol. The van der Waals surface area contributed by atoms with Crippen molar-refractivity contribution in [3.8, 4) is 0 Å². The third-order valence-corrected chi connectivity index (χ3v) is 6.17. The van der Waals surface area contributed by atoms with Crippen LogP contribution in [0, 0.1) is 13.8 Å². The molecule has 2 rings (SSSR count). The topological polar surface area (TPSA) is 63.4 Å². The van der Waals surface area contributed by atoms with Crippen molar-refractivity contribution >= 4 is 37.6 Å². The van der Waals surface area contributed by atoms with Crippen LogP contribution in [0.5, 0.6) is 0 Å². The van der Waals surface area contributed by atoms with E-state index in [2.05, 4.69) is 21.1 Å². The highest BCUT2D eigenvalue weighted by Crippen LogP contribution is 2.27. The number of nitrogens with zero attached hydrogens (tertiary/aromatic N) is 2. The van der Waals surface area contributed by atoms with Crippen molar-refractivity contribution in [3.63, 3.8) is 0 Å². The smallest absolute Gasteiger partial charge is 0.243 e. The van der Waals surface area contributed by atoms with E-state index in [0.717, 1.165) is 5.56 Å². The van der Waals surface area contributed by atoms with Crippen molar-refractivity contribution in [2.24, 2.45) is 0 Å². The Morgan fingerprint density at radius 3 is 2.57 bits per heavy atom. The highest BCUT2D eigenvalue weighted by molar-refractivity contribution is 9.10. The number of hydrogen-bond donors (Lipinski definition) is 0. The van der Waals surface area contributed by atoms with Crippen molar-refractivity contribution in [2.75, 3.05) is 7.05 Å². The fourth-order valence-corrected chi connectivity index (χ4v) is 3.67. The van der Waals surface area contributed by atoms with Gasteiger partial charge in [-0.05, 0) is 48.0 Å². The van der Waals surface area contributed by atoms with Gasteiger partial charge in [0.25, 0.3) is 0 Å². The van der Waals surface area contributed by atoms with Crippen LogP contribution in [0.25, 0.3) is 0 Å². The number of halogens is 2. The fraction of sp³-hybridized carbons (Fsp3) is 0.308. The number of sulfonamides is 1. The minimum atomic E-state index is -3.61. The zero-order valence-corrected chi connectivity index (χ0v) is 14.9. The van der Waals surface area contributed by atoms with E-state index in [9.17, 15) is 8.42 Å². The van der Waals surface area contributed by atoms with Gasteiger partial charge in [-0.2, -0.15) is 4.31 Å². The highest BCUT2D eigenvalue weighted by Gasteiger charge is 2.24. The molecule has 0 aliphatic rings. The van der Waals surface area contributed by atoms with Crippen LogP contribution in [0.1, 0.15) is 17.0 Å². The second-order valence-electron chi connectivity index (χ2n) is 4.64. The maximum absolute atomic E-state index is 12.6. The van der Waals surface area contributed by atoms with Crippen LogP contribution in [0.2, 0.25) is 5.02 Å². The van der Waals surface area contributed by atoms with Crippen LogP contribution < -0.4 is 0 Å². The van der Waals surface area contributed by atoms with Crippen LogP contribution in [-0.2, 0) is 16.6 Å². The Morgan fingerprint density at radius 1 is 1.38 bits per heavy atom. The van der Waals surface area contributed by atoms with E-state index in [-0.39, 0.29) is 11.4 Å². The Bertz CT molecular complexity index is 754. The molecule has 0 fully saturated rings. The first-order valence-corrected chi connectivity index (χ1v) is 8.67. The lowest BCUT2D eigenvalue weighted by atomic mass is 10.2. The van der Waals surface area contributed by atoms with Crippen LogP contribution in [0.3, 0.4) is 0 Å².